The summed E-state index contributed by atoms with van der Waals surface area (Å²) in [5.74, 6) is 0.133. The predicted molar refractivity (Wildman–Crippen MR) is 101 cm³/mol. The second-order valence-corrected chi connectivity index (χ2v) is 6.57. The van der Waals surface area contributed by atoms with Gasteiger partial charge in [0.15, 0.2) is 6.29 Å². The minimum atomic E-state index is -0.489. The van der Waals surface area contributed by atoms with Crippen LogP contribution >= 0.6 is 0 Å². The molecule has 1 amide bonds. The Bertz CT molecular complexity index is 477. The largest absolute Gasteiger partial charge is 0.354 e. The smallest absolute Gasteiger partial charge is 0.239 e. The lowest BCUT2D eigenvalue weighted by atomic mass is 9.95. The monoisotopic (exact) mass is 350 g/mol. The first-order valence-corrected chi connectivity index (χ1v) is 9.17. The van der Waals surface area contributed by atoms with Crippen molar-refractivity contribution in [3.8, 4) is 0 Å². The highest BCUT2D eigenvalue weighted by Crippen LogP contribution is 2.14. The first-order valence-electron chi connectivity index (χ1n) is 9.17. The second kappa shape index (κ2) is 12.0. The Labute approximate surface area is 152 Å². The number of rotatable bonds is 12. The molecule has 1 aromatic rings. The first kappa shape index (κ1) is 21.6. The summed E-state index contributed by atoms with van der Waals surface area (Å²) in [6.07, 6.45) is 3.50. The average molecular weight is 351 g/mol. The highest BCUT2D eigenvalue weighted by atomic mass is 16.7. The Morgan fingerprint density at radius 1 is 1.20 bits per heavy atom. The zero-order valence-corrected chi connectivity index (χ0v) is 16.1. The van der Waals surface area contributed by atoms with Crippen LogP contribution in [0.25, 0.3) is 0 Å². The maximum Gasteiger partial charge on any atom is 0.239 e. The van der Waals surface area contributed by atoms with E-state index in [9.17, 15) is 4.79 Å². The van der Waals surface area contributed by atoms with Crippen LogP contribution in [-0.4, -0.2) is 50.4 Å². The molecule has 2 atom stereocenters. The van der Waals surface area contributed by atoms with Crippen LogP contribution < -0.4 is 5.73 Å². The zero-order valence-electron chi connectivity index (χ0n) is 16.1. The maximum absolute atomic E-state index is 12.9. The van der Waals surface area contributed by atoms with Crippen LogP contribution in [0.4, 0.5) is 0 Å². The third-order valence-electron chi connectivity index (χ3n) is 4.63. The Kier molecular flexibility index (Phi) is 10.4. The molecule has 5 heteroatoms. The summed E-state index contributed by atoms with van der Waals surface area (Å²) in [7, 11) is 3.16. The molecule has 0 aliphatic rings. The van der Waals surface area contributed by atoms with E-state index >= 15 is 0 Å². The third kappa shape index (κ3) is 7.55. The third-order valence-corrected chi connectivity index (χ3v) is 4.63. The van der Waals surface area contributed by atoms with Gasteiger partial charge in [0, 0.05) is 20.8 Å². The standard InChI is InChI=1S/C20H34N2O3/c1-5-6-10-16(2)19(21)20(23)22(15-18(24-3)25-4)14-13-17-11-8-7-9-12-17/h7-9,11-12,16,18-19H,5-6,10,13-15,21H2,1-4H3/t16-,19?/m0/s1. The highest BCUT2D eigenvalue weighted by molar-refractivity contribution is 5.82. The Balaban J connectivity index is 2.75. The van der Waals surface area contributed by atoms with Crippen molar-refractivity contribution >= 4 is 5.91 Å². The number of hydrogen-bond donors (Lipinski definition) is 1. The van der Waals surface area contributed by atoms with Crippen molar-refractivity contribution in [1.82, 2.24) is 4.90 Å². The molecule has 0 bridgehead atoms. The van der Waals surface area contributed by atoms with Gasteiger partial charge in [-0.25, -0.2) is 0 Å². The van der Waals surface area contributed by atoms with E-state index < -0.39 is 12.3 Å². The van der Waals surface area contributed by atoms with Crippen molar-refractivity contribution in [2.45, 2.75) is 51.9 Å². The van der Waals surface area contributed by atoms with Gasteiger partial charge in [0.2, 0.25) is 5.91 Å². The fourth-order valence-corrected chi connectivity index (χ4v) is 2.79. The van der Waals surface area contributed by atoms with Gasteiger partial charge in [0.05, 0.1) is 12.6 Å². The van der Waals surface area contributed by atoms with Crippen LogP contribution in [0.3, 0.4) is 0 Å². The van der Waals surface area contributed by atoms with E-state index in [4.69, 9.17) is 15.2 Å². The maximum atomic E-state index is 12.9. The number of carbonyl (C=O) groups excluding carboxylic acids is 1. The van der Waals surface area contributed by atoms with E-state index in [2.05, 4.69) is 26.0 Å². The summed E-state index contributed by atoms with van der Waals surface area (Å²) < 4.78 is 10.6. The molecule has 5 nitrogen and oxygen atoms in total. The minimum Gasteiger partial charge on any atom is -0.354 e. The lowest BCUT2D eigenvalue weighted by Gasteiger charge is -2.30. The van der Waals surface area contributed by atoms with Gasteiger partial charge in [0.25, 0.3) is 0 Å². The molecular weight excluding hydrogens is 316 g/mol. The van der Waals surface area contributed by atoms with Gasteiger partial charge in [-0.3, -0.25) is 4.79 Å². The van der Waals surface area contributed by atoms with Gasteiger partial charge < -0.3 is 20.1 Å². The van der Waals surface area contributed by atoms with Crippen LogP contribution in [0.2, 0.25) is 0 Å². The summed E-state index contributed by atoms with van der Waals surface area (Å²) in [6.45, 7) is 5.18. The summed E-state index contributed by atoms with van der Waals surface area (Å²) in [5, 5.41) is 0. The van der Waals surface area contributed by atoms with Crippen molar-refractivity contribution in [2.75, 3.05) is 27.3 Å². The van der Waals surface area contributed by atoms with E-state index in [0.29, 0.717) is 13.1 Å². The Hall–Kier alpha value is -1.43. The minimum absolute atomic E-state index is 0.0290. The summed E-state index contributed by atoms with van der Waals surface area (Å²) in [4.78, 5) is 14.7. The SMILES string of the molecule is CCCC[C@H](C)C(N)C(=O)N(CCc1ccccc1)CC(OC)OC. The van der Waals surface area contributed by atoms with E-state index in [1.165, 1.54) is 5.56 Å². The Morgan fingerprint density at radius 3 is 2.40 bits per heavy atom. The topological polar surface area (TPSA) is 64.8 Å². The molecule has 0 fully saturated rings. The number of amides is 1. The predicted octanol–water partition coefficient (Wildman–Crippen LogP) is 2.83. The molecule has 142 valence electrons. The summed E-state index contributed by atoms with van der Waals surface area (Å²) in [6, 6.07) is 9.65. The molecule has 1 aromatic carbocycles. The highest BCUT2D eigenvalue weighted by Gasteiger charge is 2.27. The molecule has 0 aliphatic heterocycles. The van der Waals surface area contributed by atoms with Crippen LogP contribution in [-0.2, 0) is 20.7 Å². The van der Waals surface area contributed by atoms with Gasteiger partial charge >= 0.3 is 0 Å². The van der Waals surface area contributed by atoms with Crippen molar-refractivity contribution < 1.29 is 14.3 Å². The molecule has 1 unspecified atom stereocenters. The second-order valence-electron chi connectivity index (χ2n) is 6.57. The van der Waals surface area contributed by atoms with Crippen LogP contribution in [0.5, 0.6) is 0 Å². The number of hydrogen-bond acceptors (Lipinski definition) is 4. The number of nitrogens with zero attached hydrogens (tertiary/aromatic N) is 1. The summed E-state index contributed by atoms with van der Waals surface area (Å²) in [5.41, 5.74) is 7.45. The molecule has 2 N–H and O–H groups in total. The number of benzene rings is 1. The lowest BCUT2D eigenvalue weighted by Crippen LogP contribution is -2.50. The van der Waals surface area contributed by atoms with Crippen LogP contribution in [0, 0.1) is 5.92 Å². The number of ether oxygens (including phenoxy) is 2. The molecule has 0 radical (unpaired) electrons. The van der Waals surface area contributed by atoms with E-state index in [1.807, 2.05) is 18.2 Å². The molecule has 0 aliphatic carbocycles. The quantitative estimate of drug-likeness (QED) is 0.589. The van der Waals surface area contributed by atoms with E-state index in [0.717, 1.165) is 25.7 Å². The average Bonchev–Trinajstić information content (AvgIpc) is 2.66. The molecule has 0 spiro atoms. The van der Waals surface area contributed by atoms with Crippen molar-refractivity contribution in [1.29, 1.82) is 0 Å². The molecule has 1 rings (SSSR count). The zero-order chi connectivity index (χ0) is 18.7. The van der Waals surface area contributed by atoms with Crippen LogP contribution in [0.15, 0.2) is 30.3 Å². The molecule has 0 heterocycles. The summed E-state index contributed by atoms with van der Waals surface area (Å²) >= 11 is 0. The van der Waals surface area contributed by atoms with Crippen molar-refractivity contribution in [3.63, 3.8) is 0 Å². The van der Waals surface area contributed by atoms with Crippen molar-refractivity contribution in [2.24, 2.45) is 11.7 Å². The fraction of sp³-hybridized carbons (Fsp3) is 0.650. The van der Waals surface area contributed by atoms with Gasteiger partial charge in [-0.05, 0) is 24.3 Å². The van der Waals surface area contributed by atoms with E-state index in [1.54, 1.807) is 19.1 Å². The Morgan fingerprint density at radius 2 is 1.84 bits per heavy atom. The number of carbonyl (C=O) groups is 1. The normalized spacial score (nSPS) is 13.7. The molecule has 25 heavy (non-hydrogen) atoms. The number of nitrogens with two attached hydrogens (primary N) is 1. The molecule has 0 aromatic heterocycles. The number of methoxy groups -OCH3 is 2. The van der Waals surface area contributed by atoms with Gasteiger partial charge in [0.1, 0.15) is 0 Å². The van der Waals surface area contributed by atoms with Crippen LogP contribution in [0.1, 0.15) is 38.7 Å². The molecule has 0 saturated heterocycles. The molecular formula is C20H34N2O3. The first-order chi connectivity index (χ1) is 12.0. The van der Waals surface area contributed by atoms with Gasteiger partial charge in [-0.1, -0.05) is 57.0 Å². The van der Waals surface area contributed by atoms with Crippen molar-refractivity contribution in [3.05, 3.63) is 35.9 Å². The van der Waals surface area contributed by atoms with Gasteiger partial charge in [-0.15, -0.1) is 0 Å². The lowest BCUT2D eigenvalue weighted by molar-refractivity contribution is -0.147. The molecule has 0 saturated carbocycles. The van der Waals surface area contributed by atoms with Gasteiger partial charge in [-0.2, -0.15) is 0 Å². The fourth-order valence-electron chi connectivity index (χ4n) is 2.79. The van der Waals surface area contributed by atoms with E-state index in [-0.39, 0.29) is 11.8 Å². The number of unbranched alkanes of at least 4 members (excludes halogenated alkanes) is 1.